The van der Waals surface area contributed by atoms with Gasteiger partial charge in [0.1, 0.15) is 0 Å². The molecule has 4 nitrogen and oxygen atoms in total. The molecule has 1 rings (SSSR count). The van der Waals surface area contributed by atoms with Gasteiger partial charge in [0.15, 0.2) is 0 Å². The maximum atomic E-state index is 12.5. The molecule has 0 saturated carbocycles. The minimum atomic E-state index is -3.39. The van der Waals surface area contributed by atoms with Crippen LogP contribution in [0, 0.1) is 5.92 Å². The van der Waals surface area contributed by atoms with E-state index in [9.17, 15) is 8.42 Å². The van der Waals surface area contributed by atoms with Gasteiger partial charge in [0.25, 0.3) is 0 Å². The summed E-state index contributed by atoms with van der Waals surface area (Å²) < 4.78 is 26.6. The van der Waals surface area contributed by atoms with Crippen molar-refractivity contribution >= 4 is 21.4 Å². The molecular formula is C12H22N2O2S2. The number of nitrogens with one attached hydrogen (secondary N) is 1. The van der Waals surface area contributed by atoms with E-state index in [0.29, 0.717) is 11.4 Å². The molecular weight excluding hydrogens is 268 g/mol. The highest BCUT2D eigenvalue weighted by Gasteiger charge is 2.29. The van der Waals surface area contributed by atoms with Gasteiger partial charge in [-0.15, -0.1) is 11.3 Å². The van der Waals surface area contributed by atoms with Crippen LogP contribution >= 0.6 is 11.3 Å². The molecule has 1 N–H and O–H groups in total. The Morgan fingerprint density at radius 2 is 2.00 bits per heavy atom. The van der Waals surface area contributed by atoms with E-state index >= 15 is 0 Å². The zero-order valence-electron chi connectivity index (χ0n) is 11.6. The Morgan fingerprint density at radius 1 is 1.39 bits per heavy atom. The summed E-state index contributed by atoms with van der Waals surface area (Å²) in [7, 11) is 0.0806. The molecule has 0 aliphatic heterocycles. The molecule has 0 fully saturated rings. The molecule has 1 atom stereocenters. The molecule has 18 heavy (non-hydrogen) atoms. The monoisotopic (exact) mass is 290 g/mol. The SMILES string of the molecule is CNCc1sccc1S(=O)(=O)N(C)C(C)C(C)C. The summed E-state index contributed by atoms with van der Waals surface area (Å²) in [5.41, 5.74) is 0. The molecule has 0 radical (unpaired) electrons. The second-order valence-corrected chi connectivity index (χ2v) is 7.71. The summed E-state index contributed by atoms with van der Waals surface area (Å²) in [6.07, 6.45) is 0. The standard InChI is InChI=1S/C12H22N2O2S2/c1-9(2)10(3)14(5)18(15,16)12-6-7-17-11(12)8-13-4/h6-7,9-10,13H,8H2,1-5H3. The Balaban J connectivity index is 3.09. The lowest BCUT2D eigenvalue weighted by atomic mass is 10.1. The molecule has 0 bridgehead atoms. The van der Waals surface area contributed by atoms with Gasteiger partial charge in [-0.05, 0) is 31.3 Å². The van der Waals surface area contributed by atoms with Crippen LogP contribution < -0.4 is 5.32 Å². The fourth-order valence-electron chi connectivity index (χ4n) is 1.64. The van der Waals surface area contributed by atoms with E-state index in [1.165, 1.54) is 15.6 Å². The van der Waals surface area contributed by atoms with Gasteiger partial charge in [-0.3, -0.25) is 0 Å². The average molecular weight is 290 g/mol. The van der Waals surface area contributed by atoms with Gasteiger partial charge >= 0.3 is 0 Å². The van der Waals surface area contributed by atoms with Crippen molar-refractivity contribution in [3.05, 3.63) is 16.3 Å². The third-order valence-electron chi connectivity index (χ3n) is 3.24. The van der Waals surface area contributed by atoms with E-state index in [-0.39, 0.29) is 12.0 Å². The molecule has 104 valence electrons. The van der Waals surface area contributed by atoms with Crippen LogP contribution in [0.1, 0.15) is 25.6 Å². The Morgan fingerprint density at radius 3 is 2.50 bits per heavy atom. The highest BCUT2D eigenvalue weighted by Crippen LogP contribution is 2.26. The molecule has 6 heteroatoms. The lowest BCUT2D eigenvalue weighted by molar-refractivity contribution is 0.315. The molecule has 0 aliphatic carbocycles. The summed E-state index contributed by atoms with van der Waals surface area (Å²) in [6.45, 7) is 6.57. The van der Waals surface area contributed by atoms with Gasteiger partial charge in [-0.1, -0.05) is 13.8 Å². The van der Waals surface area contributed by atoms with Gasteiger partial charge in [0.05, 0.1) is 4.90 Å². The van der Waals surface area contributed by atoms with Crippen molar-refractivity contribution < 1.29 is 8.42 Å². The second-order valence-electron chi connectivity index (χ2n) is 4.74. The minimum absolute atomic E-state index is 0.0164. The van der Waals surface area contributed by atoms with E-state index < -0.39 is 10.0 Å². The Kier molecular flexibility index (Phi) is 5.33. The van der Waals surface area contributed by atoms with Crippen LogP contribution in [-0.4, -0.2) is 32.9 Å². The third-order valence-corrected chi connectivity index (χ3v) is 6.32. The summed E-state index contributed by atoms with van der Waals surface area (Å²) in [6, 6.07) is 1.67. The minimum Gasteiger partial charge on any atom is -0.315 e. The molecule has 0 amide bonds. The zero-order valence-corrected chi connectivity index (χ0v) is 13.2. The van der Waals surface area contributed by atoms with E-state index in [1.807, 2.05) is 33.2 Å². The van der Waals surface area contributed by atoms with Crippen molar-refractivity contribution in [2.75, 3.05) is 14.1 Å². The smallest absolute Gasteiger partial charge is 0.244 e. The van der Waals surface area contributed by atoms with Crippen LogP contribution in [0.4, 0.5) is 0 Å². The first-order chi connectivity index (χ1) is 8.32. The number of nitrogens with zero attached hydrogens (tertiary/aromatic N) is 1. The van der Waals surface area contributed by atoms with Crippen molar-refractivity contribution in [1.29, 1.82) is 0 Å². The van der Waals surface area contributed by atoms with Gasteiger partial charge in [0.2, 0.25) is 10.0 Å². The number of sulfonamides is 1. The molecule has 0 aliphatic rings. The zero-order chi connectivity index (χ0) is 13.9. The first-order valence-corrected chi connectivity index (χ1v) is 8.33. The van der Waals surface area contributed by atoms with Gasteiger partial charge in [-0.2, -0.15) is 4.31 Å². The number of hydrogen-bond donors (Lipinski definition) is 1. The molecule has 1 heterocycles. The predicted octanol–water partition coefficient (Wildman–Crippen LogP) is 2.13. The quantitative estimate of drug-likeness (QED) is 0.873. The van der Waals surface area contributed by atoms with Crippen molar-refractivity contribution in [3.63, 3.8) is 0 Å². The maximum absolute atomic E-state index is 12.5. The normalized spacial score (nSPS) is 14.4. The molecule has 1 aromatic heterocycles. The van der Waals surface area contributed by atoms with Crippen LogP contribution in [0.2, 0.25) is 0 Å². The summed E-state index contributed by atoms with van der Waals surface area (Å²) in [5, 5.41) is 4.83. The van der Waals surface area contributed by atoms with Crippen LogP contribution in [0.15, 0.2) is 16.3 Å². The number of rotatable bonds is 6. The molecule has 1 aromatic rings. The topological polar surface area (TPSA) is 49.4 Å². The molecule has 1 unspecified atom stereocenters. The summed E-state index contributed by atoms with van der Waals surface area (Å²) in [4.78, 5) is 1.29. The molecule has 0 spiro atoms. The van der Waals surface area contributed by atoms with Crippen molar-refractivity contribution in [2.24, 2.45) is 5.92 Å². The van der Waals surface area contributed by atoms with Crippen LogP contribution in [0.5, 0.6) is 0 Å². The molecule has 0 aromatic carbocycles. The Hall–Kier alpha value is -0.430. The fourth-order valence-corrected chi connectivity index (χ4v) is 4.56. The van der Waals surface area contributed by atoms with Crippen LogP contribution in [-0.2, 0) is 16.6 Å². The lowest BCUT2D eigenvalue weighted by Crippen LogP contribution is -2.38. The maximum Gasteiger partial charge on any atom is 0.244 e. The van der Waals surface area contributed by atoms with E-state index in [4.69, 9.17) is 0 Å². The lowest BCUT2D eigenvalue weighted by Gasteiger charge is -2.27. The highest BCUT2D eigenvalue weighted by atomic mass is 32.2. The van der Waals surface area contributed by atoms with E-state index in [2.05, 4.69) is 5.32 Å². The summed E-state index contributed by atoms with van der Waals surface area (Å²) >= 11 is 1.47. The van der Waals surface area contributed by atoms with Crippen LogP contribution in [0.3, 0.4) is 0 Å². The van der Waals surface area contributed by atoms with Gasteiger partial charge in [-0.25, -0.2) is 8.42 Å². The number of thiophene rings is 1. The Bertz CT molecular complexity index is 480. The molecule has 0 saturated heterocycles. The van der Waals surface area contributed by atoms with E-state index in [1.54, 1.807) is 13.1 Å². The highest BCUT2D eigenvalue weighted by molar-refractivity contribution is 7.89. The number of hydrogen-bond acceptors (Lipinski definition) is 4. The largest absolute Gasteiger partial charge is 0.315 e. The fraction of sp³-hybridized carbons (Fsp3) is 0.667. The van der Waals surface area contributed by atoms with Gasteiger partial charge < -0.3 is 5.32 Å². The first-order valence-electron chi connectivity index (χ1n) is 6.01. The third kappa shape index (κ3) is 3.12. The van der Waals surface area contributed by atoms with E-state index in [0.717, 1.165) is 4.88 Å². The van der Waals surface area contributed by atoms with Crippen molar-refractivity contribution in [1.82, 2.24) is 9.62 Å². The van der Waals surface area contributed by atoms with Crippen molar-refractivity contribution in [2.45, 2.75) is 38.3 Å². The van der Waals surface area contributed by atoms with Crippen molar-refractivity contribution in [3.8, 4) is 0 Å². The van der Waals surface area contributed by atoms with Crippen LogP contribution in [0.25, 0.3) is 0 Å². The van der Waals surface area contributed by atoms with Gasteiger partial charge in [0, 0.05) is 24.5 Å². The predicted molar refractivity (Wildman–Crippen MR) is 76.3 cm³/mol. The average Bonchev–Trinajstić information content (AvgIpc) is 2.76. The Labute approximate surface area is 114 Å². The second kappa shape index (κ2) is 6.14. The first kappa shape index (κ1) is 15.6. The summed E-state index contributed by atoms with van der Waals surface area (Å²) in [5.74, 6) is 0.288.